The highest BCUT2D eigenvalue weighted by Gasteiger charge is 2.14. The van der Waals surface area contributed by atoms with E-state index in [1.807, 2.05) is 6.92 Å². The van der Waals surface area contributed by atoms with Gasteiger partial charge in [0.15, 0.2) is 0 Å². The van der Waals surface area contributed by atoms with Gasteiger partial charge in [0.05, 0.1) is 11.8 Å². The summed E-state index contributed by atoms with van der Waals surface area (Å²) in [6.45, 7) is 1.82. The highest BCUT2D eigenvalue weighted by atomic mass is 79.9. The molecule has 2 N–H and O–H groups in total. The summed E-state index contributed by atoms with van der Waals surface area (Å²) >= 11 is 15.2. The van der Waals surface area contributed by atoms with E-state index >= 15 is 0 Å². The van der Waals surface area contributed by atoms with E-state index in [0.29, 0.717) is 31.3 Å². The lowest BCUT2D eigenvalue weighted by molar-refractivity contribution is -0.136. The first-order chi connectivity index (χ1) is 15.7. The number of anilines is 1. The quantitative estimate of drug-likeness (QED) is 0.147. The number of nitrogens with zero attached hydrogens (tertiary/aromatic N) is 1. The normalized spacial score (nSPS) is 10.7. The molecule has 0 heterocycles. The molecular weight excluding hydrogens is 533 g/mol. The van der Waals surface area contributed by atoms with Crippen LogP contribution in [0.3, 0.4) is 0 Å². The molecule has 168 valence electrons. The van der Waals surface area contributed by atoms with Gasteiger partial charge in [0.25, 0.3) is 0 Å². The molecule has 3 aromatic carbocycles. The maximum absolute atomic E-state index is 12.4. The Morgan fingerprint density at radius 3 is 2.39 bits per heavy atom. The van der Waals surface area contributed by atoms with E-state index in [9.17, 15) is 14.4 Å². The summed E-state index contributed by atoms with van der Waals surface area (Å²) in [6, 6.07) is 16.0. The Labute approximate surface area is 207 Å². The van der Waals surface area contributed by atoms with Gasteiger partial charge >= 0.3 is 17.8 Å². The van der Waals surface area contributed by atoms with Gasteiger partial charge in [-0.3, -0.25) is 9.59 Å². The summed E-state index contributed by atoms with van der Waals surface area (Å²) in [4.78, 5) is 36.5. The molecule has 3 rings (SSSR count). The third kappa shape index (κ3) is 6.89. The zero-order valence-corrected chi connectivity index (χ0v) is 20.2. The first kappa shape index (κ1) is 24.4. The number of hydrogen-bond donors (Lipinski definition) is 2. The molecular formula is C23H16BrCl2N3O4. The monoisotopic (exact) mass is 547 g/mol. The third-order valence-corrected chi connectivity index (χ3v) is 5.41. The molecule has 0 fully saturated rings. The summed E-state index contributed by atoms with van der Waals surface area (Å²) in [6.07, 6.45) is 1.25. The minimum absolute atomic E-state index is 0.204. The van der Waals surface area contributed by atoms with Gasteiger partial charge in [-0.25, -0.2) is 10.2 Å². The van der Waals surface area contributed by atoms with Crippen LogP contribution < -0.4 is 15.5 Å². The second kappa shape index (κ2) is 11.1. The smallest absolute Gasteiger partial charge is 0.343 e. The van der Waals surface area contributed by atoms with E-state index < -0.39 is 17.8 Å². The largest absolute Gasteiger partial charge is 0.422 e. The minimum atomic E-state index is -0.988. The summed E-state index contributed by atoms with van der Waals surface area (Å²) < 4.78 is 6.12. The van der Waals surface area contributed by atoms with Crippen molar-refractivity contribution in [1.82, 2.24) is 5.43 Å². The van der Waals surface area contributed by atoms with Crippen molar-refractivity contribution in [3.05, 3.63) is 91.9 Å². The maximum atomic E-state index is 12.4. The van der Waals surface area contributed by atoms with Gasteiger partial charge in [-0.15, -0.1) is 0 Å². The van der Waals surface area contributed by atoms with E-state index in [0.717, 1.165) is 5.56 Å². The number of benzene rings is 3. The zero-order chi connectivity index (χ0) is 24.0. The maximum Gasteiger partial charge on any atom is 0.343 e. The van der Waals surface area contributed by atoms with E-state index in [-0.39, 0.29) is 5.75 Å². The number of carbonyl (C=O) groups is 3. The lowest BCUT2D eigenvalue weighted by atomic mass is 10.2. The van der Waals surface area contributed by atoms with Crippen molar-refractivity contribution in [1.29, 1.82) is 0 Å². The third-order valence-electron chi connectivity index (χ3n) is 4.26. The SMILES string of the molecule is Cc1ccc(NC(=O)C(=O)N/N=C/c2cc(Br)ccc2OC(=O)c2ccc(Cl)cc2)cc1Cl. The Morgan fingerprint density at radius 1 is 0.970 bits per heavy atom. The standard InChI is InChI=1S/C23H16BrCl2N3O4/c1-13-2-8-18(11-19(13)26)28-21(30)22(31)29-27-12-15-10-16(24)5-9-20(15)33-23(32)14-3-6-17(25)7-4-14/h2-12H,1H3,(H,28,30)(H,29,31)/b27-12+. The number of rotatable bonds is 5. The van der Waals surface area contributed by atoms with Crippen LogP contribution in [0, 0.1) is 6.92 Å². The van der Waals surface area contributed by atoms with Gasteiger partial charge in [-0.1, -0.05) is 45.2 Å². The molecule has 7 nitrogen and oxygen atoms in total. The molecule has 0 aliphatic carbocycles. The fraction of sp³-hybridized carbons (Fsp3) is 0.0435. The number of aryl methyl sites for hydroxylation is 1. The number of carbonyl (C=O) groups excluding carboxylic acids is 3. The van der Waals surface area contributed by atoms with Crippen LogP contribution in [0.2, 0.25) is 10.0 Å². The van der Waals surface area contributed by atoms with Crippen molar-refractivity contribution in [3.8, 4) is 5.75 Å². The average molecular weight is 549 g/mol. The van der Waals surface area contributed by atoms with Gasteiger partial charge < -0.3 is 10.1 Å². The molecule has 0 atom stereocenters. The van der Waals surface area contributed by atoms with Crippen LogP contribution in [0.25, 0.3) is 0 Å². The summed E-state index contributed by atoms with van der Waals surface area (Å²) in [7, 11) is 0. The molecule has 3 aromatic rings. The Hall–Kier alpha value is -3.20. The number of esters is 1. The van der Waals surface area contributed by atoms with Crippen LogP contribution in [-0.4, -0.2) is 24.0 Å². The molecule has 0 saturated heterocycles. The van der Waals surface area contributed by atoms with Crippen LogP contribution >= 0.6 is 39.1 Å². The molecule has 0 radical (unpaired) electrons. The molecule has 0 bridgehead atoms. The summed E-state index contributed by atoms with van der Waals surface area (Å²) in [5.41, 5.74) is 4.04. The van der Waals surface area contributed by atoms with Crippen LogP contribution in [0.15, 0.2) is 70.2 Å². The zero-order valence-electron chi connectivity index (χ0n) is 17.1. The van der Waals surface area contributed by atoms with Crippen LogP contribution in [-0.2, 0) is 9.59 Å². The van der Waals surface area contributed by atoms with Crippen molar-refractivity contribution < 1.29 is 19.1 Å². The molecule has 0 aliphatic rings. The van der Waals surface area contributed by atoms with Crippen molar-refractivity contribution >= 4 is 68.8 Å². The van der Waals surface area contributed by atoms with E-state index in [4.69, 9.17) is 27.9 Å². The number of ether oxygens (including phenoxy) is 1. The number of halogens is 3. The van der Waals surface area contributed by atoms with Gasteiger partial charge in [-0.2, -0.15) is 5.10 Å². The van der Waals surface area contributed by atoms with Crippen LogP contribution in [0.1, 0.15) is 21.5 Å². The molecule has 0 unspecified atom stereocenters. The number of nitrogens with one attached hydrogen (secondary N) is 2. The van der Waals surface area contributed by atoms with Crippen molar-refractivity contribution in [2.24, 2.45) is 5.10 Å². The predicted molar refractivity (Wildman–Crippen MR) is 131 cm³/mol. The topological polar surface area (TPSA) is 96.9 Å². The fourth-order valence-electron chi connectivity index (χ4n) is 2.53. The van der Waals surface area contributed by atoms with Gasteiger partial charge in [-0.05, 0) is 67.1 Å². The van der Waals surface area contributed by atoms with Crippen molar-refractivity contribution in [2.45, 2.75) is 6.92 Å². The van der Waals surface area contributed by atoms with E-state index in [1.54, 1.807) is 42.5 Å². The van der Waals surface area contributed by atoms with E-state index in [2.05, 4.69) is 31.8 Å². The Balaban J connectivity index is 1.66. The lowest BCUT2D eigenvalue weighted by Gasteiger charge is -2.08. The highest BCUT2D eigenvalue weighted by molar-refractivity contribution is 9.10. The van der Waals surface area contributed by atoms with Gasteiger partial charge in [0.1, 0.15) is 5.75 Å². The minimum Gasteiger partial charge on any atom is -0.422 e. The predicted octanol–water partition coefficient (Wildman–Crippen LogP) is 5.37. The van der Waals surface area contributed by atoms with Crippen LogP contribution in [0.5, 0.6) is 5.75 Å². The van der Waals surface area contributed by atoms with Crippen molar-refractivity contribution in [2.75, 3.05) is 5.32 Å². The van der Waals surface area contributed by atoms with Crippen molar-refractivity contribution in [3.63, 3.8) is 0 Å². The number of hydrogen-bond acceptors (Lipinski definition) is 5. The molecule has 33 heavy (non-hydrogen) atoms. The molecule has 0 aromatic heterocycles. The lowest BCUT2D eigenvalue weighted by Crippen LogP contribution is -2.32. The van der Waals surface area contributed by atoms with E-state index in [1.165, 1.54) is 24.4 Å². The van der Waals surface area contributed by atoms with Gasteiger partial charge in [0.2, 0.25) is 0 Å². The number of amides is 2. The van der Waals surface area contributed by atoms with Crippen LogP contribution in [0.4, 0.5) is 5.69 Å². The summed E-state index contributed by atoms with van der Waals surface area (Å²) in [5, 5.41) is 7.17. The highest BCUT2D eigenvalue weighted by Crippen LogP contribution is 2.23. The first-order valence-electron chi connectivity index (χ1n) is 9.41. The second-order valence-corrected chi connectivity index (χ2v) is 8.46. The second-order valence-electron chi connectivity index (χ2n) is 6.70. The first-order valence-corrected chi connectivity index (χ1v) is 11.0. The Kier molecular flexibility index (Phi) is 8.21. The number of hydrazone groups is 1. The molecule has 0 spiro atoms. The molecule has 0 aliphatic heterocycles. The fourth-order valence-corrected chi connectivity index (χ4v) is 3.21. The Bertz CT molecular complexity index is 1250. The summed E-state index contributed by atoms with van der Waals surface area (Å²) in [5.74, 6) is -2.30. The molecule has 0 saturated carbocycles. The molecule has 10 heteroatoms. The van der Waals surface area contributed by atoms with Gasteiger partial charge in [0, 0.05) is 25.8 Å². The Morgan fingerprint density at radius 2 is 1.70 bits per heavy atom. The molecule has 2 amide bonds. The average Bonchev–Trinajstić information content (AvgIpc) is 2.78.